The molecule has 0 spiro atoms. The van der Waals surface area contributed by atoms with E-state index in [4.69, 9.17) is 23.7 Å². The molecule has 2 fully saturated rings. The SMILES string of the molecule is CC(C)(C)[Si](O[C@@H]1CO[C@H]2[C@@H]1OC[C@H]2Oc1nnc(C(=O)O)s1)(c1ccccc1)c1ccccc1. The predicted octanol–water partition coefficient (Wildman–Crippen LogP) is 2.73. The van der Waals surface area contributed by atoms with E-state index in [0.717, 1.165) is 11.3 Å². The number of aromatic carboxylic acids is 1. The number of ether oxygens (including phenoxy) is 3. The number of carbonyl (C=O) groups is 1. The third kappa shape index (κ3) is 4.40. The number of nitrogens with zero attached hydrogens (tertiary/aromatic N) is 2. The minimum absolute atomic E-state index is 0.115. The van der Waals surface area contributed by atoms with Crippen LogP contribution >= 0.6 is 11.3 Å². The van der Waals surface area contributed by atoms with E-state index in [1.807, 2.05) is 12.1 Å². The average molecular weight is 513 g/mol. The molecule has 0 unspecified atom stereocenters. The highest BCUT2D eigenvalue weighted by Crippen LogP contribution is 2.40. The van der Waals surface area contributed by atoms with Gasteiger partial charge >= 0.3 is 5.97 Å². The van der Waals surface area contributed by atoms with Gasteiger partial charge in [0.25, 0.3) is 13.5 Å². The minimum Gasteiger partial charge on any atom is -0.476 e. The van der Waals surface area contributed by atoms with Crippen LogP contribution in [0.2, 0.25) is 5.04 Å². The molecule has 0 saturated carbocycles. The van der Waals surface area contributed by atoms with Crippen molar-refractivity contribution in [2.45, 2.75) is 50.2 Å². The summed E-state index contributed by atoms with van der Waals surface area (Å²) in [5.41, 5.74) is 0. The lowest BCUT2D eigenvalue weighted by Gasteiger charge is -2.45. The van der Waals surface area contributed by atoms with Crippen LogP contribution in [0, 0.1) is 0 Å². The molecule has 0 radical (unpaired) electrons. The van der Waals surface area contributed by atoms with Gasteiger partial charge in [0.05, 0.1) is 19.3 Å². The fourth-order valence-corrected chi connectivity index (χ4v) is 10.3. The molecular weight excluding hydrogens is 484 g/mol. The Hall–Kier alpha value is -2.63. The van der Waals surface area contributed by atoms with Gasteiger partial charge in [0.2, 0.25) is 5.01 Å². The van der Waals surface area contributed by atoms with Crippen molar-refractivity contribution < 1.29 is 28.5 Å². The van der Waals surface area contributed by atoms with Gasteiger partial charge in [0.15, 0.2) is 6.10 Å². The van der Waals surface area contributed by atoms with Crippen LogP contribution in [-0.2, 0) is 13.9 Å². The average Bonchev–Trinajstić information content (AvgIpc) is 3.57. The van der Waals surface area contributed by atoms with Crippen molar-refractivity contribution in [3.63, 3.8) is 0 Å². The lowest BCUT2D eigenvalue weighted by atomic mass is 10.1. The number of rotatable bonds is 7. The van der Waals surface area contributed by atoms with E-state index >= 15 is 0 Å². The van der Waals surface area contributed by atoms with Crippen molar-refractivity contribution in [3.05, 3.63) is 65.7 Å². The number of aromatic nitrogens is 2. The van der Waals surface area contributed by atoms with Crippen LogP contribution < -0.4 is 15.1 Å². The number of hydrogen-bond donors (Lipinski definition) is 1. The molecule has 0 bridgehead atoms. The van der Waals surface area contributed by atoms with Gasteiger partial charge in [-0.2, -0.15) is 0 Å². The fourth-order valence-electron chi connectivity index (χ4n) is 5.02. The summed E-state index contributed by atoms with van der Waals surface area (Å²) in [6, 6.07) is 20.9. The summed E-state index contributed by atoms with van der Waals surface area (Å²) in [5, 5.41) is 18.9. The van der Waals surface area contributed by atoms with E-state index in [2.05, 4.69) is 79.5 Å². The Morgan fingerprint density at radius 1 is 0.943 bits per heavy atom. The Kier molecular flexibility index (Phi) is 6.49. The highest BCUT2D eigenvalue weighted by molar-refractivity contribution is 7.14. The topological polar surface area (TPSA) is 100 Å². The van der Waals surface area contributed by atoms with Crippen LogP contribution in [0.25, 0.3) is 0 Å². The zero-order chi connectivity index (χ0) is 24.6. The van der Waals surface area contributed by atoms with Crippen LogP contribution in [0.3, 0.4) is 0 Å². The monoisotopic (exact) mass is 512 g/mol. The van der Waals surface area contributed by atoms with Crippen molar-refractivity contribution in [1.29, 1.82) is 0 Å². The van der Waals surface area contributed by atoms with E-state index in [-0.39, 0.29) is 33.6 Å². The Labute approximate surface area is 209 Å². The first kappa shape index (κ1) is 24.1. The molecule has 1 aromatic heterocycles. The minimum atomic E-state index is -2.77. The Bertz CT molecular complexity index is 1130. The third-order valence-corrected chi connectivity index (χ3v) is 12.4. The summed E-state index contributed by atoms with van der Waals surface area (Å²) in [6.45, 7) is 7.41. The molecule has 8 nitrogen and oxygen atoms in total. The maximum atomic E-state index is 11.1. The molecule has 4 atom stereocenters. The first-order chi connectivity index (χ1) is 16.8. The molecule has 2 aliphatic heterocycles. The lowest BCUT2D eigenvalue weighted by Crippen LogP contribution is -2.68. The van der Waals surface area contributed by atoms with E-state index in [0.29, 0.717) is 13.2 Å². The summed E-state index contributed by atoms with van der Waals surface area (Å²) in [5.74, 6) is -1.13. The second kappa shape index (κ2) is 9.44. The number of hydrogen-bond acceptors (Lipinski definition) is 8. The molecule has 2 aromatic carbocycles. The number of carboxylic acids is 1. The summed E-state index contributed by atoms with van der Waals surface area (Å²) in [4.78, 5) is 11.1. The molecule has 5 rings (SSSR count). The van der Waals surface area contributed by atoms with E-state index in [1.165, 1.54) is 10.4 Å². The second-order valence-corrected chi connectivity index (χ2v) is 14.9. The number of benzene rings is 2. The Morgan fingerprint density at radius 3 is 2.00 bits per heavy atom. The largest absolute Gasteiger partial charge is 0.476 e. The van der Waals surface area contributed by atoms with Crippen molar-refractivity contribution in [3.8, 4) is 5.19 Å². The normalized spacial score (nSPS) is 24.3. The Morgan fingerprint density at radius 2 is 1.49 bits per heavy atom. The maximum absolute atomic E-state index is 11.1. The third-order valence-electron chi connectivity index (χ3n) is 6.55. The van der Waals surface area contributed by atoms with Gasteiger partial charge in [-0.1, -0.05) is 86.5 Å². The van der Waals surface area contributed by atoms with Crippen molar-refractivity contribution in [1.82, 2.24) is 10.2 Å². The van der Waals surface area contributed by atoms with Crippen LogP contribution in [0.1, 0.15) is 30.6 Å². The van der Waals surface area contributed by atoms with Crippen LogP contribution in [0.4, 0.5) is 0 Å². The highest BCUT2D eigenvalue weighted by atomic mass is 32.1. The first-order valence-electron chi connectivity index (χ1n) is 11.5. The summed E-state index contributed by atoms with van der Waals surface area (Å²) in [6.07, 6.45) is -1.32. The van der Waals surface area contributed by atoms with E-state index in [1.54, 1.807) is 0 Å². The van der Waals surface area contributed by atoms with Gasteiger partial charge in [0, 0.05) is 0 Å². The molecule has 2 aliphatic rings. The molecule has 3 aromatic rings. The van der Waals surface area contributed by atoms with Gasteiger partial charge < -0.3 is 23.7 Å². The zero-order valence-corrected chi connectivity index (χ0v) is 21.6. The van der Waals surface area contributed by atoms with Crippen molar-refractivity contribution in [2.24, 2.45) is 0 Å². The summed E-state index contributed by atoms with van der Waals surface area (Å²) < 4.78 is 25.4. The molecule has 0 amide bonds. The molecule has 0 aliphatic carbocycles. The van der Waals surface area contributed by atoms with E-state index in [9.17, 15) is 4.79 Å². The smallest absolute Gasteiger partial charge is 0.367 e. The number of carboxylic acid groups (broad SMARTS) is 1. The second-order valence-electron chi connectivity index (χ2n) is 9.75. The van der Waals surface area contributed by atoms with Gasteiger partial charge in [-0.3, -0.25) is 0 Å². The zero-order valence-electron chi connectivity index (χ0n) is 19.8. The van der Waals surface area contributed by atoms with Crippen LogP contribution in [-0.4, -0.2) is 67.2 Å². The summed E-state index contributed by atoms with van der Waals surface area (Å²) in [7, 11) is -2.77. The number of fused-ring (bicyclic) bond motifs is 1. The first-order valence-corrected chi connectivity index (χ1v) is 14.3. The molecule has 184 valence electrons. The summed E-state index contributed by atoms with van der Waals surface area (Å²) >= 11 is 0.891. The maximum Gasteiger partial charge on any atom is 0.367 e. The van der Waals surface area contributed by atoms with Gasteiger partial charge in [0.1, 0.15) is 12.2 Å². The van der Waals surface area contributed by atoms with Gasteiger partial charge in [-0.15, -0.1) is 5.10 Å². The van der Waals surface area contributed by atoms with Crippen molar-refractivity contribution in [2.75, 3.05) is 13.2 Å². The van der Waals surface area contributed by atoms with Gasteiger partial charge in [-0.05, 0) is 26.7 Å². The van der Waals surface area contributed by atoms with Crippen LogP contribution in [0.15, 0.2) is 60.7 Å². The van der Waals surface area contributed by atoms with Crippen LogP contribution in [0.5, 0.6) is 5.19 Å². The lowest BCUT2D eigenvalue weighted by molar-refractivity contribution is 0.0147. The Balaban J connectivity index is 1.43. The molecule has 2 saturated heterocycles. The predicted molar refractivity (Wildman–Crippen MR) is 133 cm³/mol. The van der Waals surface area contributed by atoms with Gasteiger partial charge in [-0.25, -0.2) is 4.79 Å². The molecular formula is C25H28N2O6SSi. The fraction of sp³-hybridized carbons (Fsp3) is 0.400. The highest BCUT2D eigenvalue weighted by Gasteiger charge is 2.57. The molecule has 1 N–H and O–H groups in total. The quantitative estimate of drug-likeness (QED) is 0.483. The molecule has 35 heavy (non-hydrogen) atoms. The van der Waals surface area contributed by atoms with E-state index < -0.39 is 20.4 Å². The molecule has 3 heterocycles. The standard InChI is InChI=1S/C25H28N2O6SSi/c1-25(2,3)35(16-10-6-4-7-11-16,17-12-8-5-9-13-17)33-19-15-31-20-18(14-30-21(19)20)32-24-27-26-22(34-24)23(28)29/h4-13,18-21H,14-15H2,1-3H3,(H,28,29)/t18-,19-,20-,21-/m1/s1. The van der Waals surface area contributed by atoms with Crippen molar-refractivity contribution >= 4 is 36.0 Å². The molecule has 10 heteroatoms.